The van der Waals surface area contributed by atoms with E-state index in [9.17, 15) is 14.9 Å². The number of benzene rings is 1. The third-order valence-corrected chi connectivity index (χ3v) is 5.23. The summed E-state index contributed by atoms with van der Waals surface area (Å²) in [5.74, 6) is -3.45. The molecule has 0 saturated heterocycles. The number of nitrogens with two attached hydrogens (primary N) is 1. The molecule has 0 amide bonds. The Balaban J connectivity index is 2.29. The van der Waals surface area contributed by atoms with Crippen molar-refractivity contribution in [3.63, 3.8) is 0 Å². The molecule has 1 aromatic rings. The number of aliphatic imine (C=N–C) groups is 1. The minimum Gasteiger partial charge on any atom is -0.386 e. The molecular weight excluding hydrogens is 347 g/mol. The molecule has 3 unspecified atom stereocenters. The van der Waals surface area contributed by atoms with Gasteiger partial charge in [-0.2, -0.15) is 10.5 Å². The van der Waals surface area contributed by atoms with Gasteiger partial charge in [0.15, 0.2) is 5.41 Å². The normalized spacial score (nSPS) is 31.6. The Bertz CT molecular complexity index is 820. The van der Waals surface area contributed by atoms with Gasteiger partial charge in [0.1, 0.15) is 17.1 Å². The number of hydrogen-bond acceptors (Lipinski definition) is 6. The Kier molecular flexibility index (Phi) is 4.00. The predicted molar refractivity (Wildman–Crippen MR) is 87.8 cm³/mol. The van der Waals surface area contributed by atoms with Gasteiger partial charge in [0.2, 0.25) is 0 Å². The van der Waals surface area contributed by atoms with Crippen molar-refractivity contribution >= 4 is 17.4 Å². The zero-order chi connectivity index (χ0) is 18.5. The van der Waals surface area contributed by atoms with E-state index in [1.54, 1.807) is 13.8 Å². The van der Waals surface area contributed by atoms with Crippen LogP contribution in [0.2, 0.25) is 5.02 Å². The van der Waals surface area contributed by atoms with Crippen molar-refractivity contribution in [3.05, 3.63) is 34.6 Å². The van der Waals surface area contributed by atoms with Crippen LogP contribution in [0.4, 0.5) is 4.39 Å². The maximum atomic E-state index is 14.5. The molecule has 0 aromatic heterocycles. The number of nitrogens with zero attached hydrogens (tertiary/aromatic N) is 3. The number of nitriles is 2. The van der Waals surface area contributed by atoms with Gasteiger partial charge < -0.3 is 15.2 Å². The zero-order valence-corrected chi connectivity index (χ0v) is 14.5. The molecule has 1 aromatic carbocycles. The van der Waals surface area contributed by atoms with Crippen molar-refractivity contribution in [2.45, 2.75) is 25.7 Å². The highest BCUT2D eigenvalue weighted by molar-refractivity contribution is 6.31. The summed E-state index contributed by atoms with van der Waals surface area (Å²) in [5, 5.41) is 20.0. The molecule has 6 nitrogen and oxygen atoms in total. The van der Waals surface area contributed by atoms with E-state index in [0.717, 1.165) is 0 Å². The summed E-state index contributed by atoms with van der Waals surface area (Å²) in [6, 6.07) is 8.35. The SMILES string of the molecule is CCOC1(OCC)N=C(N)C2(C#N)C(c3c(F)cccc3Cl)C12C#N. The average Bonchev–Trinajstić information content (AvgIpc) is 3.13. The van der Waals surface area contributed by atoms with Crippen molar-refractivity contribution < 1.29 is 13.9 Å². The topological polar surface area (TPSA) is 104 Å². The maximum absolute atomic E-state index is 14.5. The van der Waals surface area contributed by atoms with Gasteiger partial charge in [-0.15, -0.1) is 0 Å². The van der Waals surface area contributed by atoms with Crippen molar-refractivity contribution in [3.8, 4) is 12.1 Å². The molecule has 130 valence electrons. The van der Waals surface area contributed by atoms with Crippen LogP contribution in [0.1, 0.15) is 25.3 Å². The lowest BCUT2D eigenvalue weighted by Crippen LogP contribution is -2.43. The Morgan fingerprint density at radius 3 is 2.40 bits per heavy atom. The highest BCUT2D eigenvalue weighted by atomic mass is 35.5. The molecule has 2 N–H and O–H groups in total. The monoisotopic (exact) mass is 362 g/mol. The average molecular weight is 363 g/mol. The fraction of sp³-hybridized carbons (Fsp3) is 0.471. The zero-order valence-electron chi connectivity index (χ0n) is 13.7. The van der Waals surface area contributed by atoms with Gasteiger partial charge in [-0.3, -0.25) is 0 Å². The minimum atomic E-state index is -1.78. The summed E-state index contributed by atoms with van der Waals surface area (Å²) in [5.41, 5.74) is 2.92. The second kappa shape index (κ2) is 5.67. The molecule has 3 rings (SSSR count). The first-order valence-corrected chi connectivity index (χ1v) is 8.20. The molecule has 1 saturated carbocycles. The van der Waals surface area contributed by atoms with E-state index in [1.165, 1.54) is 18.2 Å². The molecular formula is C17H16ClFN4O2. The molecule has 8 heteroatoms. The second-order valence-corrected chi connectivity index (χ2v) is 6.26. The lowest BCUT2D eigenvalue weighted by molar-refractivity contribution is -0.255. The van der Waals surface area contributed by atoms with Gasteiger partial charge in [0.25, 0.3) is 5.91 Å². The quantitative estimate of drug-likeness (QED) is 0.811. The number of amidine groups is 1. The highest BCUT2D eigenvalue weighted by Crippen LogP contribution is 2.82. The Labute approximate surface area is 149 Å². The number of hydrogen-bond donors (Lipinski definition) is 1. The smallest absolute Gasteiger partial charge is 0.293 e. The third kappa shape index (κ3) is 1.81. The fourth-order valence-electron chi connectivity index (χ4n) is 3.97. The van der Waals surface area contributed by atoms with Crippen LogP contribution in [0.15, 0.2) is 23.2 Å². The third-order valence-electron chi connectivity index (χ3n) is 4.90. The van der Waals surface area contributed by atoms with Gasteiger partial charge in [-0.25, -0.2) is 9.38 Å². The van der Waals surface area contributed by atoms with E-state index in [1.807, 2.05) is 0 Å². The minimum absolute atomic E-state index is 0.0499. The van der Waals surface area contributed by atoms with Gasteiger partial charge in [0.05, 0.1) is 12.1 Å². The Morgan fingerprint density at radius 2 is 1.92 bits per heavy atom. The first-order chi connectivity index (χ1) is 11.9. The van der Waals surface area contributed by atoms with Crippen LogP contribution in [0, 0.1) is 39.3 Å². The number of ether oxygens (including phenoxy) is 2. The summed E-state index contributed by atoms with van der Waals surface area (Å²) < 4.78 is 25.9. The number of halogens is 2. The van der Waals surface area contributed by atoms with Crippen molar-refractivity contribution in [1.29, 1.82) is 10.5 Å². The lowest BCUT2D eigenvalue weighted by Gasteiger charge is -2.31. The molecule has 0 bridgehead atoms. The largest absolute Gasteiger partial charge is 0.386 e. The van der Waals surface area contributed by atoms with Crippen LogP contribution in [-0.2, 0) is 9.47 Å². The van der Waals surface area contributed by atoms with Gasteiger partial charge >= 0.3 is 0 Å². The molecule has 1 heterocycles. The number of fused-ring (bicyclic) bond motifs is 1. The molecule has 2 aliphatic rings. The lowest BCUT2D eigenvalue weighted by atomic mass is 9.93. The summed E-state index contributed by atoms with van der Waals surface area (Å²) in [4.78, 5) is 4.19. The number of rotatable bonds is 5. The van der Waals surface area contributed by atoms with Crippen molar-refractivity contribution in [1.82, 2.24) is 0 Å². The van der Waals surface area contributed by atoms with Crippen LogP contribution < -0.4 is 5.73 Å². The molecule has 1 fully saturated rings. The Hall–Kier alpha value is -2.19. The molecule has 1 aliphatic heterocycles. The van der Waals surface area contributed by atoms with Crippen LogP contribution in [0.25, 0.3) is 0 Å². The van der Waals surface area contributed by atoms with Gasteiger partial charge in [-0.1, -0.05) is 17.7 Å². The van der Waals surface area contributed by atoms with E-state index in [2.05, 4.69) is 17.1 Å². The predicted octanol–water partition coefficient (Wildman–Crippen LogP) is 2.69. The highest BCUT2D eigenvalue weighted by Gasteiger charge is 2.94. The van der Waals surface area contributed by atoms with Crippen LogP contribution in [-0.4, -0.2) is 25.0 Å². The maximum Gasteiger partial charge on any atom is 0.293 e. The second-order valence-electron chi connectivity index (χ2n) is 5.85. The first-order valence-electron chi connectivity index (χ1n) is 7.82. The molecule has 0 spiro atoms. The standard InChI is InChI=1S/C17H16ClFN4O2/c1-3-24-17(25-4-2)16(9-21)13(15(16,8-20)14(22)23-17)12-10(18)6-5-7-11(12)19/h5-7,13H,3-4H2,1-2H3,(H2,22,23). The van der Waals surface area contributed by atoms with Gasteiger partial charge in [-0.05, 0) is 26.0 Å². The molecule has 0 radical (unpaired) electrons. The first kappa shape index (κ1) is 17.6. The van der Waals surface area contributed by atoms with E-state index in [-0.39, 0.29) is 29.6 Å². The van der Waals surface area contributed by atoms with E-state index in [4.69, 9.17) is 26.8 Å². The van der Waals surface area contributed by atoms with E-state index < -0.39 is 28.5 Å². The van der Waals surface area contributed by atoms with E-state index >= 15 is 0 Å². The summed E-state index contributed by atoms with van der Waals surface area (Å²) >= 11 is 6.19. The Morgan fingerprint density at radius 1 is 1.28 bits per heavy atom. The van der Waals surface area contributed by atoms with Crippen molar-refractivity contribution in [2.24, 2.45) is 21.6 Å². The fourth-order valence-corrected chi connectivity index (χ4v) is 4.24. The molecule has 3 atom stereocenters. The van der Waals surface area contributed by atoms with Gasteiger partial charge in [0, 0.05) is 29.7 Å². The van der Waals surface area contributed by atoms with Crippen LogP contribution in [0.5, 0.6) is 0 Å². The summed E-state index contributed by atoms with van der Waals surface area (Å²) in [7, 11) is 0. The van der Waals surface area contributed by atoms with E-state index in [0.29, 0.717) is 0 Å². The summed E-state index contributed by atoms with van der Waals surface area (Å²) in [6.07, 6.45) is 0. The van der Waals surface area contributed by atoms with Crippen LogP contribution >= 0.6 is 11.6 Å². The van der Waals surface area contributed by atoms with Crippen molar-refractivity contribution in [2.75, 3.05) is 13.2 Å². The molecule has 25 heavy (non-hydrogen) atoms. The molecule has 1 aliphatic carbocycles. The van der Waals surface area contributed by atoms with Crippen LogP contribution in [0.3, 0.4) is 0 Å². The summed E-state index contributed by atoms with van der Waals surface area (Å²) in [6.45, 7) is 3.74.